The van der Waals surface area contributed by atoms with Crippen molar-refractivity contribution in [1.82, 2.24) is 25.1 Å². The van der Waals surface area contributed by atoms with Crippen molar-refractivity contribution in [3.63, 3.8) is 0 Å². The van der Waals surface area contributed by atoms with Crippen LogP contribution in [0.3, 0.4) is 0 Å². The molecule has 0 spiro atoms. The second kappa shape index (κ2) is 11.9. The van der Waals surface area contributed by atoms with E-state index in [0.29, 0.717) is 25.5 Å². The Morgan fingerprint density at radius 1 is 1.18 bits per heavy atom. The molecule has 2 unspecified atom stereocenters. The maximum atomic E-state index is 13.1. The molecular weight excluding hydrogens is 430 g/mol. The zero-order valence-corrected chi connectivity index (χ0v) is 21.4. The molecular formula is C26H39N5O3. The highest BCUT2D eigenvalue weighted by molar-refractivity contribution is 5.81. The van der Waals surface area contributed by atoms with Gasteiger partial charge in [0.15, 0.2) is 11.8 Å². The second-order valence-corrected chi connectivity index (χ2v) is 9.08. The fourth-order valence-electron chi connectivity index (χ4n) is 3.97. The van der Waals surface area contributed by atoms with E-state index in [9.17, 15) is 4.79 Å². The highest BCUT2D eigenvalue weighted by Gasteiger charge is 2.23. The molecule has 8 nitrogen and oxygen atoms in total. The fourth-order valence-corrected chi connectivity index (χ4v) is 3.97. The quantitative estimate of drug-likeness (QED) is 0.343. The van der Waals surface area contributed by atoms with Crippen molar-refractivity contribution >= 4 is 11.6 Å². The van der Waals surface area contributed by atoms with Crippen LogP contribution < -0.4 is 14.8 Å². The SMILES string of the molecule is CCCCCCC(Oc1ccc(C)cc1C)C(=O)NCC(C)c1nc2c(C)c(OCC)nn2[nH]1. The van der Waals surface area contributed by atoms with Crippen molar-refractivity contribution in [3.05, 3.63) is 40.7 Å². The predicted octanol–water partition coefficient (Wildman–Crippen LogP) is 5.02. The van der Waals surface area contributed by atoms with Crippen LogP contribution in [-0.2, 0) is 4.79 Å². The summed E-state index contributed by atoms with van der Waals surface area (Å²) >= 11 is 0. The van der Waals surface area contributed by atoms with Crippen LogP contribution in [0.2, 0.25) is 0 Å². The van der Waals surface area contributed by atoms with Gasteiger partial charge in [0.25, 0.3) is 5.91 Å². The Morgan fingerprint density at radius 2 is 1.97 bits per heavy atom. The number of nitrogens with one attached hydrogen (secondary N) is 2. The number of ether oxygens (including phenoxy) is 2. The first-order valence-corrected chi connectivity index (χ1v) is 12.4. The van der Waals surface area contributed by atoms with Gasteiger partial charge in [-0.2, -0.15) is 4.63 Å². The van der Waals surface area contributed by atoms with Crippen molar-refractivity contribution in [2.24, 2.45) is 0 Å². The van der Waals surface area contributed by atoms with Gasteiger partial charge in [0.2, 0.25) is 5.88 Å². The molecule has 0 aliphatic heterocycles. The van der Waals surface area contributed by atoms with Crippen LogP contribution in [0.15, 0.2) is 18.2 Å². The number of aromatic nitrogens is 4. The van der Waals surface area contributed by atoms with E-state index in [1.165, 1.54) is 12.0 Å². The van der Waals surface area contributed by atoms with Gasteiger partial charge in [-0.25, -0.2) is 4.98 Å². The average Bonchev–Trinajstić information content (AvgIpc) is 3.35. The molecule has 1 amide bonds. The number of carbonyl (C=O) groups excluding carboxylic acids is 1. The number of unbranched alkanes of at least 4 members (excludes halogenated alkanes) is 3. The lowest BCUT2D eigenvalue weighted by Crippen LogP contribution is -2.40. The lowest BCUT2D eigenvalue weighted by molar-refractivity contribution is -0.128. The molecule has 1 aromatic carbocycles. The third-order valence-electron chi connectivity index (χ3n) is 6.04. The Kier molecular flexibility index (Phi) is 8.96. The molecule has 0 aliphatic carbocycles. The summed E-state index contributed by atoms with van der Waals surface area (Å²) in [5.74, 6) is 2.02. The van der Waals surface area contributed by atoms with E-state index in [4.69, 9.17) is 9.47 Å². The van der Waals surface area contributed by atoms with Crippen LogP contribution in [-0.4, -0.2) is 45.0 Å². The maximum Gasteiger partial charge on any atom is 0.261 e. The Morgan fingerprint density at radius 3 is 2.65 bits per heavy atom. The van der Waals surface area contributed by atoms with E-state index in [1.54, 1.807) is 4.63 Å². The van der Waals surface area contributed by atoms with Crippen molar-refractivity contribution in [1.29, 1.82) is 0 Å². The largest absolute Gasteiger partial charge is 0.480 e. The van der Waals surface area contributed by atoms with Gasteiger partial charge in [-0.15, -0.1) is 5.10 Å². The van der Waals surface area contributed by atoms with E-state index in [-0.39, 0.29) is 11.8 Å². The molecule has 0 aliphatic rings. The number of hydrogen-bond acceptors (Lipinski definition) is 5. The summed E-state index contributed by atoms with van der Waals surface area (Å²) < 4.78 is 13.4. The molecule has 0 radical (unpaired) electrons. The minimum atomic E-state index is -0.518. The van der Waals surface area contributed by atoms with Gasteiger partial charge >= 0.3 is 0 Å². The number of fused-ring (bicyclic) bond motifs is 1. The van der Waals surface area contributed by atoms with Crippen LogP contribution in [0, 0.1) is 20.8 Å². The summed E-state index contributed by atoms with van der Waals surface area (Å²) in [6, 6.07) is 6.05. The van der Waals surface area contributed by atoms with Gasteiger partial charge in [-0.1, -0.05) is 50.8 Å². The normalized spacial score (nSPS) is 13.1. The summed E-state index contributed by atoms with van der Waals surface area (Å²) in [6.07, 6.45) is 4.56. The zero-order valence-electron chi connectivity index (χ0n) is 21.4. The number of H-pyrrole nitrogens is 1. The molecule has 186 valence electrons. The molecule has 2 aromatic heterocycles. The van der Waals surface area contributed by atoms with E-state index in [0.717, 1.165) is 47.6 Å². The van der Waals surface area contributed by atoms with Gasteiger partial charge in [0, 0.05) is 12.5 Å². The number of hydrogen-bond donors (Lipinski definition) is 2. The van der Waals surface area contributed by atoms with E-state index in [1.807, 2.05) is 39.8 Å². The lowest BCUT2D eigenvalue weighted by atomic mass is 10.1. The fraction of sp³-hybridized carbons (Fsp3) is 0.577. The van der Waals surface area contributed by atoms with Gasteiger partial charge in [0.05, 0.1) is 12.2 Å². The van der Waals surface area contributed by atoms with Crippen molar-refractivity contribution < 1.29 is 14.3 Å². The van der Waals surface area contributed by atoms with Crippen molar-refractivity contribution in [3.8, 4) is 11.6 Å². The van der Waals surface area contributed by atoms with Crippen LogP contribution in [0.4, 0.5) is 0 Å². The molecule has 2 heterocycles. The molecule has 8 heteroatoms. The van der Waals surface area contributed by atoms with Crippen LogP contribution in [0.5, 0.6) is 11.6 Å². The summed E-state index contributed by atoms with van der Waals surface area (Å²) in [7, 11) is 0. The molecule has 34 heavy (non-hydrogen) atoms. The first-order chi connectivity index (χ1) is 16.3. The second-order valence-electron chi connectivity index (χ2n) is 9.08. The van der Waals surface area contributed by atoms with E-state index >= 15 is 0 Å². The Balaban J connectivity index is 1.64. The Hall–Kier alpha value is -3.03. The van der Waals surface area contributed by atoms with Gasteiger partial charge in [0.1, 0.15) is 11.6 Å². The smallest absolute Gasteiger partial charge is 0.261 e. The number of rotatable bonds is 13. The van der Waals surface area contributed by atoms with Crippen LogP contribution >= 0.6 is 0 Å². The molecule has 0 saturated carbocycles. The van der Waals surface area contributed by atoms with Gasteiger partial charge in [-0.3, -0.25) is 9.89 Å². The summed E-state index contributed by atoms with van der Waals surface area (Å²) in [5.41, 5.74) is 3.86. The van der Waals surface area contributed by atoms with E-state index in [2.05, 4.69) is 40.4 Å². The molecule has 2 N–H and O–H groups in total. The number of benzene rings is 1. The lowest BCUT2D eigenvalue weighted by Gasteiger charge is -2.21. The third-order valence-corrected chi connectivity index (χ3v) is 6.04. The summed E-state index contributed by atoms with van der Waals surface area (Å²) in [5, 5.41) is 10.7. The molecule has 3 aromatic rings. The molecule has 0 saturated heterocycles. The predicted molar refractivity (Wildman–Crippen MR) is 134 cm³/mol. The van der Waals surface area contributed by atoms with Gasteiger partial charge < -0.3 is 14.8 Å². The minimum absolute atomic E-state index is 0.0116. The number of amides is 1. The third kappa shape index (κ3) is 6.30. The minimum Gasteiger partial charge on any atom is -0.480 e. The van der Waals surface area contributed by atoms with Crippen LogP contribution in [0.1, 0.15) is 81.3 Å². The summed E-state index contributed by atoms with van der Waals surface area (Å²) in [6.45, 7) is 13.2. The number of aromatic amines is 1. The zero-order chi connectivity index (χ0) is 24.7. The van der Waals surface area contributed by atoms with E-state index < -0.39 is 6.10 Å². The number of carbonyl (C=O) groups is 1. The van der Waals surface area contributed by atoms with Crippen LogP contribution in [0.25, 0.3) is 5.65 Å². The van der Waals surface area contributed by atoms with Crippen molar-refractivity contribution in [2.45, 2.75) is 85.7 Å². The highest BCUT2D eigenvalue weighted by atomic mass is 16.5. The maximum absolute atomic E-state index is 13.1. The molecule has 0 bridgehead atoms. The standard InChI is InChI=1S/C26H39N5O3/c1-7-9-10-11-12-22(34-21-14-13-17(3)15-18(21)4)25(32)27-16-19(5)23-28-24-20(6)26(33-8-2)30-31(24)29-23/h13-15,19,22H,7-12,16H2,1-6H3,(H,27,32)(H,28,29). The molecule has 2 atom stereocenters. The summed E-state index contributed by atoms with van der Waals surface area (Å²) in [4.78, 5) is 17.8. The number of nitrogens with zero attached hydrogens (tertiary/aromatic N) is 3. The first kappa shape index (κ1) is 25.6. The van der Waals surface area contributed by atoms with Gasteiger partial charge in [-0.05, 0) is 52.2 Å². The molecule has 3 rings (SSSR count). The highest BCUT2D eigenvalue weighted by Crippen LogP contribution is 2.23. The first-order valence-electron chi connectivity index (χ1n) is 12.4. The number of aryl methyl sites for hydroxylation is 3. The average molecular weight is 470 g/mol. The topological polar surface area (TPSA) is 93.5 Å². The Bertz CT molecular complexity index is 1090. The molecule has 0 fully saturated rings. The monoisotopic (exact) mass is 469 g/mol. The van der Waals surface area contributed by atoms with Crippen molar-refractivity contribution in [2.75, 3.05) is 13.2 Å². The Labute approximate surface area is 202 Å².